The number of halogens is 1. The topological polar surface area (TPSA) is 70.0 Å². The zero-order valence-corrected chi connectivity index (χ0v) is 9.76. The molecule has 0 aliphatic rings. The van der Waals surface area contributed by atoms with E-state index < -0.39 is 16.9 Å². The molecular weight excluding hydrogens is 237 g/mol. The highest BCUT2D eigenvalue weighted by molar-refractivity contribution is 5.42. The number of hydrogen-bond acceptors (Lipinski definition) is 3. The van der Waals surface area contributed by atoms with Gasteiger partial charge in [0.05, 0.1) is 12.2 Å². The Labute approximate surface area is 102 Å². The maximum Gasteiger partial charge on any atom is 0.316 e. The SMILES string of the molecule is Cn1ccn(Cc2cccc(N)c2F)c(=O)c1=O. The van der Waals surface area contributed by atoms with Gasteiger partial charge in [0.2, 0.25) is 0 Å². The van der Waals surface area contributed by atoms with Gasteiger partial charge in [0, 0.05) is 25.0 Å². The first-order valence-corrected chi connectivity index (χ1v) is 5.29. The Morgan fingerprint density at radius 3 is 2.67 bits per heavy atom. The van der Waals surface area contributed by atoms with Crippen LogP contribution in [0, 0.1) is 5.82 Å². The number of benzene rings is 1. The standard InChI is InChI=1S/C12H12FN3O2/c1-15-5-6-16(12(18)11(15)17)7-8-3-2-4-9(14)10(8)13/h2-6H,7,14H2,1H3. The smallest absolute Gasteiger partial charge is 0.316 e. The molecular formula is C12H12FN3O2. The van der Waals surface area contributed by atoms with Crippen molar-refractivity contribution in [3.63, 3.8) is 0 Å². The van der Waals surface area contributed by atoms with Crippen molar-refractivity contribution < 1.29 is 4.39 Å². The molecule has 94 valence electrons. The summed E-state index contributed by atoms with van der Waals surface area (Å²) < 4.78 is 16.0. The minimum atomic E-state index is -0.693. The van der Waals surface area contributed by atoms with E-state index in [-0.39, 0.29) is 17.8 Å². The first kappa shape index (κ1) is 12.1. The highest BCUT2D eigenvalue weighted by atomic mass is 19.1. The van der Waals surface area contributed by atoms with Gasteiger partial charge in [-0.3, -0.25) is 9.59 Å². The van der Waals surface area contributed by atoms with Gasteiger partial charge in [-0.2, -0.15) is 0 Å². The van der Waals surface area contributed by atoms with Crippen LogP contribution in [0.3, 0.4) is 0 Å². The lowest BCUT2D eigenvalue weighted by Crippen LogP contribution is -2.39. The molecule has 0 aliphatic carbocycles. The van der Waals surface area contributed by atoms with Crippen LogP contribution < -0.4 is 16.9 Å². The maximum atomic E-state index is 13.7. The van der Waals surface area contributed by atoms with E-state index in [2.05, 4.69) is 0 Å². The van der Waals surface area contributed by atoms with Crippen LogP contribution in [0.5, 0.6) is 0 Å². The zero-order valence-electron chi connectivity index (χ0n) is 9.76. The van der Waals surface area contributed by atoms with E-state index in [0.29, 0.717) is 0 Å². The molecule has 0 fully saturated rings. The first-order chi connectivity index (χ1) is 8.50. The normalized spacial score (nSPS) is 10.6. The molecule has 0 radical (unpaired) electrons. The molecule has 0 aliphatic heterocycles. The van der Waals surface area contributed by atoms with Crippen molar-refractivity contribution in [1.82, 2.24) is 9.13 Å². The summed E-state index contributed by atoms with van der Waals surface area (Å²) in [5.41, 5.74) is 4.38. The molecule has 2 rings (SSSR count). The summed E-state index contributed by atoms with van der Waals surface area (Å²) in [5.74, 6) is -0.565. The number of nitrogen functional groups attached to an aromatic ring is 1. The van der Waals surface area contributed by atoms with Crippen molar-refractivity contribution in [3.8, 4) is 0 Å². The van der Waals surface area contributed by atoms with Crippen LogP contribution in [0.2, 0.25) is 0 Å². The minimum absolute atomic E-state index is 0.0179. The van der Waals surface area contributed by atoms with Gasteiger partial charge in [-0.25, -0.2) is 4.39 Å². The van der Waals surface area contributed by atoms with Gasteiger partial charge in [0.15, 0.2) is 5.82 Å². The van der Waals surface area contributed by atoms with E-state index in [4.69, 9.17) is 5.73 Å². The number of aromatic nitrogens is 2. The third-order valence-corrected chi connectivity index (χ3v) is 2.68. The predicted octanol–water partition coefficient (Wildman–Crippen LogP) is 0.317. The van der Waals surface area contributed by atoms with Gasteiger partial charge in [0.1, 0.15) is 0 Å². The second-order valence-electron chi connectivity index (χ2n) is 3.97. The number of hydrogen-bond donors (Lipinski definition) is 1. The number of nitrogens with two attached hydrogens (primary N) is 1. The molecule has 5 nitrogen and oxygen atoms in total. The summed E-state index contributed by atoms with van der Waals surface area (Å²) in [6.07, 6.45) is 2.89. The largest absolute Gasteiger partial charge is 0.396 e. The third kappa shape index (κ3) is 2.04. The maximum absolute atomic E-state index is 13.7. The molecule has 1 aromatic heterocycles. The third-order valence-electron chi connectivity index (χ3n) is 2.68. The van der Waals surface area contributed by atoms with Gasteiger partial charge in [-0.15, -0.1) is 0 Å². The lowest BCUT2D eigenvalue weighted by atomic mass is 10.2. The van der Waals surface area contributed by atoms with Crippen molar-refractivity contribution in [2.24, 2.45) is 7.05 Å². The Morgan fingerprint density at radius 2 is 1.94 bits per heavy atom. The van der Waals surface area contributed by atoms with Crippen molar-refractivity contribution in [2.75, 3.05) is 5.73 Å². The molecule has 0 saturated carbocycles. The molecule has 18 heavy (non-hydrogen) atoms. The highest BCUT2D eigenvalue weighted by Gasteiger charge is 2.08. The number of anilines is 1. The Hall–Kier alpha value is -2.37. The van der Waals surface area contributed by atoms with Gasteiger partial charge in [-0.1, -0.05) is 12.1 Å². The average Bonchev–Trinajstić information content (AvgIpc) is 2.35. The fourth-order valence-electron chi connectivity index (χ4n) is 1.62. The molecule has 2 aromatic rings. The van der Waals surface area contributed by atoms with Crippen molar-refractivity contribution >= 4 is 5.69 Å². The van der Waals surface area contributed by atoms with E-state index in [0.717, 1.165) is 4.57 Å². The summed E-state index contributed by atoms with van der Waals surface area (Å²) in [6, 6.07) is 4.56. The quantitative estimate of drug-likeness (QED) is 0.615. The van der Waals surface area contributed by atoms with Crippen LogP contribution in [-0.2, 0) is 13.6 Å². The molecule has 2 N–H and O–H groups in total. The van der Waals surface area contributed by atoms with Crippen LogP contribution in [0.15, 0.2) is 40.2 Å². The molecule has 1 aromatic carbocycles. The zero-order chi connectivity index (χ0) is 13.3. The lowest BCUT2D eigenvalue weighted by molar-refractivity contribution is 0.595. The van der Waals surface area contributed by atoms with Crippen LogP contribution in [0.4, 0.5) is 10.1 Å². The van der Waals surface area contributed by atoms with Gasteiger partial charge >= 0.3 is 11.1 Å². The molecule has 0 atom stereocenters. The van der Waals surface area contributed by atoms with Gasteiger partial charge in [-0.05, 0) is 6.07 Å². The van der Waals surface area contributed by atoms with Crippen LogP contribution >= 0.6 is 0 Å². The number of aryl methyl sites for hydroxylation is 1. The monoisotopic (exact) mass is 249 g/mol. The van der Waals surface area contributed by atoms with E-state index in [1.54, 1.807) is 6.07 Å². The first-order valence-electron chi connectivity index (χ1n) is 5.29. The summed E-state index contributed by atoms with van der Waals surface area (Å²) in [6.45, 7) is -0.0220. The van der Waals surface area contributed by atoms with Gasteiger partial charge < -0.3 is 14.9 Å². The van der Waals surface area contributed by atoms with Crippen LogP contribution in [0.1, 0.15) is 5.56 Å². The molecule has 0 spiro atoms. The Kier molecular flexibility index (Phi) is 3.01. The lowest BCUT2D eigenvalue weighted by Gasteiger charge is -2.08. The second-order valence-corrected chi connectivity index (χ2v) is 3.97. The summed E-state index contributed by atoms with van der Waals surface area (Å²) in [5, 5.41) is 0. The van der Waals surface area contributed by atoms with Gasteiger partial charge in [0.25, 0.3) is 0 Å². The Bertz CT molecular complexity index is 703. The molecule has 1 heterocycles. The highest BCUT2D eigenvalue weighted by Crippen LogP contribution is 2.14. The second kappa shape index (κ2) is 4.48. The van der Waals surface area contributed by atoms with Crippen LogP contribution in [0.25, 0.3) is 0 Å². The molecule has 0 unspecified atom stereocenters. The van der Waals surface area contributed by atoms with Crippen LogP contribution in [-0.4, -0.2) is 9.13 Å². The fourth-order valence-corrected chi connectivity index (χ4v) is 1.62. The molecule has 0 saturated heterocycles. The fraction of sp³-hybridized carbons (Fsp3) is 0.167. The van der Waals surface area contributed by atoms with E-state index in [1.165, 1.54) is 36.1 Å². The van der Waals surface area contributed by atoms with Crippen molar-refractivity contribution in [3.05, 3.63) is 62.7 Å². The molecule has 0 bridgehead atoms. The van der Waals surface area contributed by atoms with Crippen molar-refractivity contribution in [2.45, 2.75) is 6.54 Å². The molecule has 6 heteroatoms. The summed E-state index contributed by atoms with van der Waals surface area (Å²) in [7, 11) is 1.48. The Morgan fingerprint density at radius 1 is 1.22 bits per heavy atom. The van der Waals surface area contributed by atoms with E-state index in [9.17, 15) is 14.0 Å². The van der Waals surface area contributed by atoms with E-state index >= 15 is 0 Å². The summed E-state index contributed by atoms with van der Waals surface area (Å²) >= 11 is 0. The molecule has 0 amide bonds. The minimum Gasteiger partial charge on any atom is -0.396 e. The van der Waals surface area contributed by atoms with Crippen molar-refractivity contribution in [1.29, 1.82) is 0 Å². The summed E-state index contributed by atoms with van der Waals surface area (Å²) in [4.78, 5) is 23.1. The number of rotatable bonds is 2. The average molecular weight is 249 g/mol. The van der Waals surface area contributed by atoms with E-state index in [1.807, 2.05) is 0 Å². The predicted molar refractivity (Wildman–Crippen MR) is 65.9 cm³/mol. The Balaban J connectivity index is 2.47. The number of nitrogens with zero attached hydrogens (tertiary/aromatic N) is 2.